The Kier molecular flexibility index (Phi) is 5.28. The average molecular weight is 375 g/mol. The molecule has 0 radical (unpaired) electrons. The summed E-state index contributed by atoms with van der Waals surface area (Å²) in [7, 11) is 0. The van der Waals surface area contributed by atoms with Gasteiger partial charge in [-0.15, -0.1) is 11.3 Å². The second-order valence-electron chi connectivity index (χ2n) is 6.72. The zero-order valence-corrected chi connectivity index (χ0v) is 15.6. The molecule has 8 heteroatoms. The fourth-order valence-electron chi connectivity index (χ4n) is 3.08. The first-order valence-electron chi connectivity index (χ1n) is 8.73. The zero-order chi connectivity index (χ0) is 18.8. The molecule has 1 saturated heterocycles. The van der Waals surface area contributed by atoms with Gasteiger partial charge >= 0.3 is 5.97 Å². The smallest absolute Gasteiger partial charge is 0.348 e. The van der Waals surface area contributed by atoms with Gasteiger partial charge in [0.1, 0.15) is 15.9 Å². The lowest BCUT2D eigenvalue weighted by molar-refractivity contribution is -0.128. The summed E-state index contributed by atoms with van der Waals surface area (Å²) >= 11 is 1.04. The third kappa shape index (κ3) is 3.73. The number of hydrogen-bond acceptors (Lipinski definition) is 6. The largest absolute Gasteiger partial charge is 0.462 e. The number of amides is 2. The molecule has 26 heavy (non-hydrogen) atoms. The van der Waals surface area contributed by atoms with Crippen molar-refractivity contribution in [2.24, 2.45) is 11.8 Å². The summed E-state index contributed by atoms with van der Waals surface area (Å²) in [5, 5.41) is 12.5. The Hall–Kier alpha value is -2.40. The van der Waals surface area contributed by atoms with E-state index in [1.165, 1.54) is 0 Å². The van der Waals surface area contributed by atoms with Gasteiger partial charge < -0.3 is 15.0 Å². The van der Waals surface area contributed by atoms with Gasteiger partial charge in [0, 0.05) is 19.5 Å². The number of nitrogens with zero attached hydrogens (tertiary/aromatic N) is 2. The highest BCUT2D eigenvalue weighted by molar-refractivity contribution is 7.18. The van der Waals surface area contributed by atoms with E-state index in [1.54, 1.807) is 18.7 Å². The number of nitriles is 1. The molecule has 0 unspecified atom stereocenters. The van der Waals surface area contributed by atoms with Gasteiger partial charge in [0.05, 0.1) is 18.1 Å². The molecule has 2 amide bonds. The standard InChI is InChI=1S/C18H21N3O4S/c1-3-25-18(24)15-10(2)13(7-19)17(26-15)20-16(23)12-6-14(22)21(9-12)8-11-4-5-11/h11-12H,3-6,8-9H2,1-2H3,(H,20,23)/t12-/m1/s1. The van der Waals surface area contributed by atoms with Crippen LogP contribution in [0.3, 0.4) is 0 Å². The summed E-state index contributed by atoms with van der Waals surface area (Å²) in [4.78, 5) is 38.7. The molecule has 3 rings (SSSR count). The molecule has 1 aliphatic heterocycles. The molecule has 138 valence electrons. The minimum Gasteiger partial charge on any atom is -0.462 e. The first-order valence-corrected chi connectivity index (χ1v) is 9.55. The van der Waals surface area contributed by atoms with Crippen LogP contribution in [0.25, 0.3) is 0 Å². The summed E-state index contributed by atoms with van der Waals surface area (Å²) in [5.74, 6) is -0.630. The number of nitrogens with one attached hydrogen (secondary N) is 1. The maximum atomic E-state index is 12.6. The Labute approximate surface area is 155 Å². The van der Waals surface area contributed by atoms with E-state index in [0.29, 0.717) is 27.9 Å². The Morgan fingerprint density at radius 1 is 1.42 bits per heavy atom. The number of ether oxygens (including phenoxy) is 1. The van der Waals surface area contributed by atoms with E-state index < -0.39 is 11.9 Å². The highest BCUT2D eigenvalue weighted by Crippen LogP contribution is 2.35. The molecule has 1 aromatic heterocycles. The van der Waals surface area contributed by atoms with Gasteiger partial charge in [-0.3, -0.25) is 9.59 Å². The average Bonchev–Trinajstić information content (AvgIpc) is 3.26. The molecule has 1 aromatic rings. The molecule has 0 spiro atoms. The predicted molar refractivity (Wildman–Crippen MR) is 95.8 cm³/mol. The number of hydrogen-bond donors (Lipinski definition) is 1. The number of esters is 1. The molecule has 1 saturated carbocycles. The third-order valence-corrected chi connectivity index (χ3v) is 5.90. The SMILES string of the molecule is CCOC(=O)c1sc(NC(=O)[C@@H]2CC(=O)N(CC3CC3)C2)c(C#N)c1C. The summed E-state index contributed by atoms with van der Waals surface area (Å²) in [5.41, 5.74) is 0.773. The van der Waals surface area contributed by atoms with Crippen molar-refractivity contribution >= 4 is 34.1 Å². The van der Waals surface area contributed by atoms with E-state index in [9.17, 15) is 19.6 Å². The van der Waals surface area contributed by atoms with Crippen LogP contribution in [0, 0.1) is 30.1 Å². The summed E-state index contributed by atoms with van der Waals surface area (Å²) in [6.45, 7) is 4.75. The van der Waals surface area contributed by atoms with Gasteiger partial charge in [0.15, 0.2) is 0 Å². The molecular weight excluding hydrogens is 354 g/mol. The van der Waals surface area contributed by atoms with E-state index in [0.717, 1.165) is 30.7 Å². The Morgan fingerprint density at radius 3 is 2.77 bits per heavy atom. The minimum atomic E-state index is -0.501. The summed E-state index contributed by atoms with van der Waals surface area (Å²) in [6.07, 6.45) is 2.49. The van der Waals surface area contributed by atoms with Crippen LogP contribution in [0.15, 0.2) is 0 Å². The predicted octanol–water partition coefficient (Wildman–Crippen LogP) is 2.30. The van der Waals surface area contributed by atoms with Crippen LogP contribution < -0.4 is 5.32 Å². The number of anilines is 1. The normalized spacial score (nSPS) is 19.3. The molecule has 2 heterocycles. The number of carbonyl (C=O) groups is 3. The van der Waals surface area contributed by atoms with Crippen LogP contribution in [0.2, 0.25) is 0 Å². The van der Waals surface area contributed by atoms with Crippen molar-refractivity contribution in [2.75, 3.05) is 25.0 Å². The number of rotatable bonds is 6. The second kappa shape index (κ2) is 7.46. The lowest BCUT2D eigenvalue weighted by Gasteiger charge is -2.15. The van der Waals surface area contributed by atoms with Gasteiger partial charge in [0.25, 0.3) is 0 Å². The van der Waals surface area contributed by atoms with Crippen LogP contribution in [-0.4, -0.2) is 42.4 Å². The quantitative estimate of drug-likeness (QED) is 0.769. The molecule has 2 aliphatic rings. The lowest BCUT2D eigenvalue weighted by Crippen LogP contribution is -2.29. The van der Waals surface area contributed by atoms with E-state index in [4.69, 9.17) is 4.74 Å². The fourth-order valence-corrected chi connectivity index (χ4v) is 4.13. The third-order valence-electron chi connectivity index (χ3n) is 4.72. The topological polar surface area (TPSA) is 99.5 Å². The van der Waals surface area contributed by atoms with Crippen molar-refractivity contribution in [3.8, 4) is 6.07 Å². The first kappa shape index (κ1) is 18.4. The van der Waals surface area contributed by atoms with Crippen LogP contribution in [0.5, 0.6) is 0 Å². The summed E-state index contributed by atoms with van der Waals surface area (Å²) in [6, 6.07) is 2.04. The van der Waals surface area contributed by atoms with Gasteiger partial charge in [0.2, 0.25) is 11.8 Å². The Balaban J connectivity index is 1.71. The number of likely N-dealkylation sites (tertiary alicyclic amines) is 1. The van der Waals surface area contributed by atoms with Crippen molar-refractivity contribution in [3.63, 3.8) is 0 Å². The molecule has 0 bridgehead atoms. The van der Waals surface area contributed by atoms with E-state index in [-0.39, 0.29) is 30.4 Å². The van der Waals surface area contributed by atoms with Crippen molar-refractivity contribution in [2.45, 2.75) is 33.1 Å². The van der Waals surface area contributed by atoms with Crippen LogP contribution >= 0.6 is 11.3 Å². The highest BCUT2D eigenvalue weighted by Gasteiger charge is 2.37. The second-order valence-corrected chi connectivity index (χ2v) is 7.75. The maximum Gasteiger partial charge on any atom is 0.348 e. The molecule has 1 N–H and O–H groups in total. The molecule has 7 nitrogen and oxygen atoms in total. The van der Waals surface area contributed by atoms with E-state index >= 15 is 0 Å². The van der Waals surface area contributed by atoms with Gasteiger partial charge in [-0.05, 0) is 38.2 Å². The van der Waals surface area contributed by atoms with Crippen molar-refractivity contribution < 1.29 is 19.1 Å². The van der Waals surface area contributed by atoms with Crippen molar-refractivity contribution in [3.05, 3.63) is 16.0 Å². The number of thiophene rings is 1. The van der Waals surface area contributed by atoms with Gasteiger partial charge in [-0.1, -0.05) is 0 Å². The van der Waals surface area contributed by atoms with Crippen LogP contribution in [-0.2, 0) is 14.3 Å². The zero-order valence-electron chi connectivity index (χ0n) is 14.8. The maximum absolute atomic E-state index is 12.6. The highest BCUT2D eigenvalue weighted by atomic mass is 32.1. The number of carbonyl (C=O) groups excluding carboxylic acids is 3. The van der Waals surface area contributed by atoms with Gasteiger partial charge in [-0.25, -0.2) is 4.79 Å². The van der Waals surface area contributed by atoms with Crippen LogP contribution in [0.1, 0.15) is 47.0 Å². The molecule has 0 aromatic carbocycles. The summed E-state index contributed by atoms with van der Waals surface area (Å²) < 4.78 is 5.00. The van der Waals surface area contributed by atoms with Gasteiger partial charge in [-0.2, -0.15) is 5.26 Å². The molecular formula is C18H21N3O4S. The van der Waals surface area contributed by atoms with Crippen molar-refractivity contribution in [1.29, 1.82) is 5.26 Å². The molecule has 1 aliphatic carbocycles. The molecule has 1 atom stereocenters. The Bertz CT molecular complexity index is 791. The Morgan fingerprint density at radius 2 is 2.15 bits per heavy atom. The lowest BCUT2D eigenvalue weighted by atomic mass is 10.1. The minimum absolute atomic E-state index is 0.00660. The first-order chi connectivity index (χ1) is 12.4. The fraction of sp³-hybridized carbons (Fsp3) is 0.556. The monoisotopic (exact) mass is 375 g/mol. The van der Waals surface area contributed by atoms with E-state index in [1.807, 2.05) is 6.07 Å². The van der Waals surface area contributed by atoms with E-state index in [2.05, 4.69) is 5.32 Å². The van der Waals surface area contributed by atoms with Crippen molar-refractivity contribution in [1.82, 2.24) is 4.90 Å². The van der Waals surface area contributed by atoms with Crippen LogP contribution in [0.4, 0.5) is 5.00 Å². The molecule has 2 fully saturated rings.